The number of fused-ring (bicyclic) bond motifs is 1. The number of hydrogen-bond donors (Lipinski definition) is 0. The highest BCUT2D eigenvalue weighted by molar-refractivity contribution is 5.81. The fourth-order valence-corrected chi connectivity index (χ4v) is 4.11. The van der Waals surface area contributed by atoms with Gasteiger partial charge in [-0.05, 0) is 29.7 Å². The molecule has 2 aromatic rings. The van der Waals surface area contributed by atoms with Crippen LogP contribution in [-0.2, 0) is 27.3 Å². The van der Waals surface area contributed by atoms with E-state index in [4.69, 9.17) is 4.74 Å². The Kier molecular flexibility index (Phi) is 5.76. The molecule has 2 aliphatic rings. The molecule has 152 valence electrons. The number of methoxy groups -OCH3 is 1. The molecule has 1 aromatic heterocycles. The Morgan fingerprint density at radius 1 is 1.03 bits per heavy atom. The normalized spacial score (nSPS) is 19.6. The molecule has 2 aliphatic heterocycles. The molecular weight excluding hydrogens is 368 g/mol. The van der Waals surface area contributed by atoms with Gasteiger partial charge in [0.05, 0.1) is 13.7 Å². The van der Waals surface area contributed by atoms with Crippen LogP contribution in [0.1, 0.15) is 11.1 Å². The van der Waals surface area contributed by atoms with Crippen molar-refractivity contribution in [2.24, 2.45) is 0 Å². The fraction of sp³-hybridized carbons (Fsp3) is 0.409. The van der Waals surface area contributed by atoms with E-state index in [1.807, 2.05) is 46.2 Å². The molecule has 0 spiro atoms. The quantitative estimate of drug-likeness (QED) is 0.729. The summed E-state index contributed by atoms with van der Waals surface area (Å²) in [5, 5.41) is 0. The minimum absolute atomic E-state index is 0.0546. The van der Waals surface area contributed by atoms with Crippen LogP contribution in [0.2, 0.25) is 0 Å². The molecule has 0 radical (unpaired) electrons. The number of aromatic nitrogens is 1. The molecule has 1 amide bonds. The molecular formula is C22H26N4O3. The molecule has 7 nitrogen and oxygen atoms in total. The van der Waals surface area contributed by atoms with E-state index in [0.717, 1.165) is 24.5 Å². The Balaban J connectivity index is 1.40. The minimum Gasteiger partial charge on any atom is -0.468 e. The summed E-state index contributed by atoms with van der Waals surface area (Å²) in [5.41, 5.74) is 2.32. The first-order chi connectivity index (χ1) is 14.2. The molecule has 0 bridgehead atoms. The summed E-state index contributed by atoms with van der Waals surface area (Å²) in [6.07, 6.45) is 2.36. The van der Waals surface area contributed by atoms with E-state index >= 15 is 0 Å². The van der Waals surface area contributed by atoms with E-state index in [2.05, 4.69) is 16.0 Å². The molecule has 1 saturated heterocycles. The van der Waals surface area contributed by atoms with Crippen molar-refractivity contribution in [1.29, 1.82) is 0 Å². The van der Waals surface area contributed by atoms with Crippen molar-refractivity contribution in [2.75, 3.05) is 44.7 Å². The van der Waals surface area contributed by atoms with Crippen molar-refractivity contribution in [2.45, 2.75) is 19.0 Å². The van der Waals surface area contributed by atoms with Gasteiger partial charge in [0.1, 0.15) is 11.9 Å². The lowest BCUT2D eigenvalue weighted by Crippen LogP contribution is -2.54. The molecule has 1 aromatic carbocycles. The number of carbonyl (C=O) groups is 2. The lowest BCUT2D eigenvalue weighted by Gasteiger charge is -2.38. The van der Waals surface area contributed by atoms with Crippen molar-refractivity contribution in [3.05, 3.63) is 59.8 Å². The number of carbonyl (C=O) groups excluding carboxylic acids is 2. The highest BCUT2D eigenvalue weighted by Gasteiger charge is 2.34. The predicted molar refractivity (Wildman–Crippen MR) is 109 cm³/mol. The summed E-state index contributed by atoms with van der Waals surface area (Å²) < 4.78 is 5.01. The minimum atomic E-state index is -0.423. The van der Waals surface area contributed by atoms with Gasteiger partial charge >= 0.3 is 5.97 Å². The average Bonchev–Trinajstić information content (AvgIpc) is 2.78. The first-order valence-corrected chi connectivity index (χ1v) is 9.98. The van der Waals surface area contributed by atoms with Crippen LogP contribution in [0.3, 0.4) is 0 Å². The third-order valence-corrected chi connectivity index (χ3v) is 5.76. The zero-order chi connectivity index (χ0) is 20.2. The van der Waals surface area contributed by atoms with Crippen LogP contribution >= 0.6 is 0 Å². The second kappa shape index (κ2) is 8.61. The second-order valence-corrected chi connectivity index (χ2v) is 7.47. The van der Waals surface area contributed by atoms with E-state index in [0.29, 0.717) is 26.1 Å². The van der Waals surface area contributed by atoms with Gasteiger partial charge in [-0.15, -0.1) is 0 Å². The van der Waals surface area contributed by atoms with Crippen molar-refractivity contribution in [1.82, 2.24) is 14.8 Å². The summed E-state index contributed by atoms with van der Waals surface area (Å²) >= 11 is 0. The smallest absolute Gasteiger partial charge is 0.323 e. The summed E-state index contributed by atoms with van der Waals surface area (Å²) in [5.74, 6) is 0.712. The van der Waals surface area contributed by atoms with Gasteiger partial charge in [0, 0.05) is 38.9 Å². The highest BCUT2D eigenvalue weighted by atomic mass is 16.5. The van der Waals surface area contributed by atoms with E-state index in [1.165, 1.54) is 12.7 Å². The van der Waals surface area contributed by atoms with E-state index < -0.39 is 6.04 Å². The Morgan fingerprint density at radius 3 is 2.45 bits per heavy atom. The maximum atomic E-state index is 13.0. The van der Waals surface area contributed by atoms with Gasteiger partial charge in [-0.25, -0.2) is 4.98 Å². The monoisotopic (exact) mass is 394 g/mol. The van der Waals surface area contributed by atoms with Crippen molar-refractivity contribution in [3.8, 4) is 0 Å². The zero-order valence-electron chi connectivity index (χ0n) is 16.7. The maximum Gasteiger partial charge on any atom is 0.323 e. The number of anilines is 1. The SMILES string of the molecule is COC(=O)[C@@H]1Cc2ccccc2CN1CC(=O)N1CCN(c2ccccn2)CC1. The van der Waals surface area contributed by atoms with E-state index in [1.54, 1.807) is 6.20 Å². The predicted octanol–water partition coefficient (Wildman–Crippen LogP) is 1.33. The van der Waals surface area contributed by atoms with Crippen molar-refractivity contribution in [3.63, 3.8) is 0 Å². The molecule has 7 heteroatoms. The highest BCUT2D eigenvalue weighted by Crippen LogP contribution is 2.24. The van der Waals surface area contributed by atoms with Gasteiger partial charge in [-0.3, -0.25) is 14.5 Å². The van der Waals surface area contributed by atoms with Gasteiger partial charge in [0.15, 0.2) is 0 Å². The Hall–Kier alpha value is -2.93. The molecule has 1 atom stereocenters. The number of hydrogen-bond acceptors (Lipinski definition) is 6. The van der Waals surface area contributed by atoms with Crippen molar-refractivity contribution >= 4 is 17.7 Å². The Morgan fingerprint density at radius 2 is 1.76 bits per heavy atom. The number of pyridine rings is 1. The fourth-order valence-electron chi connectivity index (χ4n) is 4.11. The average molecular weight is 394 g/mol. The number of esters is 1. The molecule has 29 heavy (non-hydrogen) atoms. The molecule has 0 aliphatic carbocycles. The van der Waals surface area contributed by atoms with Crippen molar-refractivity contribution < 1.29 is 14.3 Å². The first-order valence-electron chi connectivity index (χ1n) is 9.98. The Bertz CT molecular complexity index is 865. The first kappa shape index (κ1) is 19.4. The van der Waals surface area contributed by atoms with Crippen LogP contribution in [-0.4, -0.2) is 72.5 Å². The van der Waals surface area contributed by atoms with Crippen LogP contribution in [0.15, 0.2) is 48.7 Å². The van der Waals surface area contributed by atoms with Crippen LogP contribution < -0.4 is 4.90 Å². The third kappa shape index (κ3) is 4.24. The molecule has 0 N–H and O–H groups in total. The van der Waals surface area contributed by atoms with Crippen LogP contribution in [0.4, 0.5) is 5.82 Å². The van der Waals surface area contributed by atoms with Gasteiger partial charge < -0.3 is 14.5 Å². The van der Waals surface area contributed by atoms with Gasteiger partial charge in [-0.2, -0.15) is 0 Å². The molecule has 3 heterocycles. The number of benzene rings is 1. The molecule has 1 fully saturated rings. The summed E-state index contributed by atoms with van der Waals surface area (Å²) in [4.78, 5) is 35.7. The van der Waals surface area contributed by atoms with E-state index in [-0.39, 0.29) is 18.4 Å². The second-order valence-electron chi connectivity index (χ2n) is 7.47. The Labute approximate surface area is 170 Å². The largest absolute Gasteiger partial charge is 0.468 e. The number of ether oxygens (including phenoxy) is 1. The number of nitrogens with zero attached hydrogens (tertiary/aromatic N) is 4. The maximum absolute atomic E-state index is 13.0. The topological polar surface area (TPSA) is 66.0 Å². The molecule has 0 saturated carbocycles. The number of rotatable bonds is 4. The summed E-state index contributed by atoms with van der Waals surface area (Å²) in [6, 6.07) is 13.5. The lowest BCUT2D eigenvalue weighted by molar-refractivity contribution is -0.149. The lowest BCUT2D eigenvalue weighted by atomic mass is 9.94. The zero-order valence-corrected chi connectivity index (χ0v) is 16.7. The van der Waals surface area contributed by atoms with Gasteiger partial charge in [0.2, 0.25) is 5.91 Å². The third-order valence-electron chi connectivity index (χ3n) is 5.76. The van der Waals surface area contributed by atoms with Crippen LogP contribution in [0, 0.1) is 0 Å². The number of amides is 1. The van der Waals surface area contributed by atoms with E-state index in [9.17, 15) is 9.59 Å². The van der Waals surface area contributed by atoms with Crippen LogP contribution in [0.25, 0.3) is 0 Å². The number of piperazine rings is 1. The summed E-state index contributed by atoms with van der Waals surface area (Å²) in [6.45, 7) is 3.62. The standard InChI is InChI=1S/C22H26N4O3/c1-29-22(28)19-14-17-6-2-3-7-18(17)15-26(19)16-21(27)25-12-10-24(11-13-25)20-8-4-5-9-23-20/h2-9,19H,10-16H2,1H3/t19-/m0/s1. The summed E-state index contributed by atoms with van der Waals surface area (Å²) in [7, 11) is 1.40. The molecule has 4 rings (SSSR count). The van der Waals surface area contributed by atoms with Gasteiger partial charge in [0.25, 0.3) is 0 Å². The molecule has 0 unspecified atom stereocenters. The van der Waals surface area contributed by atoms with Gasteiger partial charge in [-0.1, -0.05) is 30.3 Å². The van der Waals surface area contributed by atoms with Crippen LogP contribution in [0.5, 0.6) is 0 Å².